The fourth-order valence-corrected chi connectivity index (χ4v) is 8.93. The van der Waals surface area contributed by atoms with Crippen LogP contribution in [0, 0.1) is 46.3 Å². The minimum Gasteiger partial charge on any atom is -0.393 e. The maximum Gasteiger partial charge on any atom is 0.101 e. The van der Waals surface area contributed by atoms with Gasteiger partial charge >= 0.3 is 0 Å². The molecular weight excluding hydrogens is 388 g/mol. The van der Waals surface area contributed by atoms with Crippen molar-refractivity contribution >= 4 is 0 Å². The molecule has 0 saturated heterocycles. The average Bonchev–Trinajstić information content (AvgIpc) is 3.02. The maximum atomic E-state index is 11.6. The molecule has 4 aliphatic carbocycles. The highest BCUT2D eigenvalue weighted by atomic mass is 16.4. The summed E-state index contributed by atoms with van der Waals surface area (Å²) in [5.41, 5.74) is -1.89. The summed E-state index contributed by atoms with van der Waals surface area (Å²) in [5.74, 6) is 2.97. The summed E-state index contributed by atoms with van der Waals surface area (Å²) in [7, 11) is 0. The van der Waals surface area contributed by atoms with Crippen molar-refractivity contribution in [2.75, 3.05) is 0 Å². The molecule has 0 radical (unpaired) electrons. The number of aliphatic hydroxyl groups is 4. The first kappa shape index (κ1) is 23.7. The van der Waals surface area contributed by atoms with Gasteiger partial charge in [0.05, 0.1) is 18.3 Å². The predicted molar refractivity (Wildman–Crippen MR) is 123 cm³/mol. The number of allylic oxidation sites excluding steroid dienone is 2. The van der Waals surface area contributed by atoms with Gasteiger partial charge in [0.1, 0.15) is 5.60 Å². The van der Waals surface area contributed by atoms with Crippen LogP contribution in [0.5, 0.6) is 0 Å². The topological polar surface area (TPSA) is 80.9 Å². The van der Waals surface area contributed by atoms with Crippen LogP contribution in [0.1, 0.15) is 86.0 Å². The van der Waals surface area contributed by atoms with Crippen molar-refractivity contribution < 1.29 is 20.4 Å². The molecule has 4 heteroatoms. The first-order valence-corrected chi connectivity index (χ1v) is 12.9. The van der Waals surface area contributed by atoms with Crippen molar-refractivity contribution in [2.45, 2.75) is 110 Å². The lowest BCUT2D eigenvalue weighted by Crippen LogP contribution is -2.72. The molecule has 4 rings (SSSR count). The smallest absolute Gasteiger partial charge is 0.101 e. The van der Waals surface area contributed by atoms with Gasteiger partial charge in [-0.3, -0.25) is 0 Å². The van der Waals surface area contributed by atoms with Crippen LogP contribution in [0.15, 0.2) is 12.2 Å². The maximum absolute atomic E-state index is 11.6. The third kappa shape index (κ3) is 3.47. The van der Waals surface area contributed by atoms with Gasteiger partial charge in [-0.05, 0) is 85.9 Å². The standard InChI is InChI=1S/C27H46O4/c1-16(2)7-6-8-17(3)20-9-10-21-19-14-24(30)27(31)15-18(28)13-23(29)26(27,5)22(19)11-12-25(20,21)4/h6,8,16-24,28-31H,7,9-15H2,1-5H3/b8-6+/t17-,18+,19+,20-,21+,22+,23-,24-,25-,26+,27+/m1/s1. The molecule has 4 fully saturated rings. The second-order valence-electron chi connectivity index (χ2n) is 12.6. The van der Waals surface area contributed by atoms with Gasteiger partial charge < -0.3 is 20.4 Å². The Morgan fingerprint density at radius 1 is 0.935 bits per heavy atom. The van der Waals surface area contributed by atoms with Crippen LogP contribution in [0.3, 0.4) is 0 Å². The quantitative estimate of drug-likeness (QED) is 0.497. The first-order valence-electron chi connectivity index (χ1n) is 12.9. The molecule has 4 N–H and O–H groups in total. The largest absolute Gasteiger partial charge is 0.393 e. The van der Waals surface area contributed by atoms with E-state index in [4.69, 9.17) is 0 Å². The summed E-state index contributed by atoms with van der Waals surface area (Å²) < 4.78 is 0. The lowest BCUT2D eigenvalue weighted by molar-refractivity contribution is -0.294. The highest BCUT2D eigenvalue weighted by Crippen LogP contribution is 2.69. The van der Waals surface area contributed by atoms with Crippen LogP contribution in [0.2, 0.25) is 0 Å². The van der Waals surface area contributed by atoms with Crippen LogP contribution < -0.4 is 0 Å². The fraction of sp³-hybridized carbons (Fsp3) is 0.926. The van der Waals surface area contributed by atoms with Crippen LogP contribution >= 0.6 is 0 Å². The van der Waals surface area contributed by atoms with Gasteiger partial charge in [-0.2, -0.15) is 0 Å². The summed E-state index contributed by atoms with van der Waals surface area (Å²) in [6, 6.07) is 0. The summed E-state index contributed by atoms with van der Waals surface area (Å²) in [4.78, 5) is 0. The van der Waals surface area contributed by atoms with Gasteiger partial charge in [-0.25, -0.2) is 0 Å². The zero-order valence-corrected chi connectivity index (χ0v) is 20.3. The molecule has 4 aliphatic rings. The van der Waals surface area contributed by atoms with Crippen LogP contribution in [0.4, 0.5) is 0 Å². The van der Waals surface area contributed by atoms with E-state index in [1.54, 1.807) is 0 Å². The Hall–Kier alpha value is -0.420. The number of fused-ring (bicyclic) bond motifs is 5. The van der Waals surface area contributed by atoms with Crippen LogP contribution in [0.25, 0.3) is 0 Å². The summed E-state index contributed by atoms with van der Waals surface area (Å²) in [5, 5.41) is 44.1. The van der Waals surface area contributed by atoms with Crippen molar-refractivity contribution in [1.82, 2.24) is 0 Å². The second kappa shape index (κ2) is 8.11. The average molecular weight is 435 g/mol. The minimum atomic E-state index is -1.40. The van der Waals surface area contributed by atoms with Crippen molar-refractivity contribution in [3.63, 3.8) is 0 Å². The van der Waals surface area contributed by atoms with E-state index in [1.165, 1.54) is 12.8 Å². The molecule has 0 aliphatic heterocycles. The third-order valence-corrected chi connectivity index (χ3v) is 10.7. The van der Waals surface area contributed by atoms with Gasteiger partial charge in [-0.15, -0.1) is 0 Å². The molecule has 0 aromatic carbocycles. The molecule has 0 unspecified atom stereocenters. The van der Waals surface area contributed by atoms with E-state index < -0.39 is 29.3 Å². The van der Waals surface area contributed by atoms with E-state index in [0.29, 0.717) is 42.4 Å². The zero-order valence-electron chi connectivity index (χ0n) is 20.3. The lowest BCUT2D eigenvalue weighted by atomic mass is 9.41. The van der Waals surface area contributed by atoms with E-state index in [2.05, 4.69) is 39.8 Å². The molecule has 0 spiro atoms. The van der Waals surface area contributed by atoms with Crippen molar-refractivity contribution in [3.8, 4) is 0 Å². The molecule has 0 bridgehead atoms. The fourth-order valence-electron chi connectivity index (χ4n) is 8.93. The highest BCUT2D eigenvalue weighted by molar-refractivity contribution is 5.19. The molecule has 0 aromatic rings. The number of rotatable bonds is 4. The number of hydrogen-bond donors (Lipinski definition) is 4. The molecule has 11 atom stereocenters. The van der Waals surface area contributed by atoms with E-state index >= 15 is 0 Å². The zero-order chi connectivity index (χ0) is 22.8. The molecule has 0 heterocycles. The summed E-state index contributed by atoms with van der Waals surface area (Å²) >= 11 is 0. The predicted octanol–water partition coefficient (Wildman–Crippen LogP) is 4.30. The second-order valence-corrected chi connectivity index (χ2v) is 12.6. The van der Waals surface area contributed by atoms with E-state index in [9.17, 15) is 20.4 Å². The van der Waals surface area contributed by atoms with Gasteiger partial charge in [0.2, 0.25) is 0 Å². The van der Waals surface area contributed by atoms with Crippen LogP contribution in [-0.2, 0) is 0 Å². The Morgan fingerprint density at radius 3 is 2.32 bits per heavy atom. The monoisotopic (exact) mass is 434 g/mol. The van der Waals surface area contributed by atoms with Crippen molar-refractivity contribution in [3.05, 3.63) is 12.2 Å². The van der Waals surface area contributed by atoms with Gasteiger partial charge in [0.15, 0.2) is 0 Å². The van der Waals surface area contributed by atoms with Crippen molar-refractivity contribution in [2.24, 2.45) is 46.3 Å². The van der Waals surface area contributed by atoms with Gasteiger partial charge in [-0.1, -0.05) is 46.8 Å². The van der Waals surface area contributed by atoms with E-state index in [-0.39, 0.29) is 17.8 Å². The molecule has 31 heavy (non-hydrogen) atoms. The van der Waals surface area contributed by atoms with Gasteiger partial charge in [0.25, 0.3) is 0 Å². The first-order chi connectivity index (χ1) is 14.4. The minimum absolute atomic E-state index is 0.174. The van der Waals surface area contributed by atoms with E-state index in [1.807, 2.05) is 6.92 Å². The molecular formula is C27H46O4. The molecule has 4 saturated carbocycles. The molecule has 4 nitrogen and oxygen atoms in total. The number of aliphatic hydroxyl groups excluding tert-OH is 3. The Morgan fingerprint density at radius 2 is 1.65 bits per heavy atom. The molecule has 178 valence electrons. The summed E-state index contributed by atoms with van der Waals surface area (Å²) in [6.45, 7) is 11.4. The molecule has 0 amide bonds. The Labute approximate surface area is 189 Å². The normalized spacial score (nSPS) is 53.3. The molecule has 0 aromatic heterocycles. The third-order valence-electron chi connectivity index (χ3n) is 10.7. The summed E-state index contributed by atoms with van der Waals surface area (Å²) in [6.07, 6.45) is 9.15. The van der Waals surface area contributed by atoms with Crippen LogP contribution in [-0.4, -0.2) is 44.3 Å². The van der Waals surface area contributed by atoms with Crippen molar-refractivity contribution in [1.29, 1.82) is 0 Å². The Balaban J connectivity index is 1.60. The lowest BCUT2D eigenvalue weighted by Gasteiger charge is -2.66. The SMILES string of the molecule is CC(C)C/C=C/[C@@H](C)[C@H]1CC[C@H]2[C@@H]3C[C@@H](O)[C@@]4(O)C[C@@H](O)C[C@@H](O)[C@]4(C)[C@H]3CC[C@]12C. The van der Waals surface area contributed by atoms with E-state index in [0.717, 1.165) is 19.3 Å². The van der Waals surface area contributed by atoms with Gasteiger partial charge in [0, 0.05) is 11.8 Å². The Bertz CT molecular complexity index is 691. The highest BCUT2D eigenvalue weighted by Gasteiger charge is 2.70. The Kier molecular flexibility index (Phi) is 6.21. The number of hydrogen-bond acceptors (Lipinski definition) is 4.